The van der Waals surface area contributed by atoms with Crippen LogP contribution in [0.5, 0.6) is 0 Å². The molecule has 3 N–H and O–H groups in total. The van der Waals surface area contributed by atoms with E-state index in [2.05, 4.69) is 27.2 Å². The van der Waals surface area contributed by atoms with Crippen LogP contribution in [-0.4, -0.2) is 13.1 Å². The second-order valence-electron chi connectivity index (χ2n) is 3.04. The van der Waals surface area contributed by atoms with E-state index in [-0.39, 0.29) is 6.04 Å². The van der Waals surface area contributed by atoms with Crippen molar-refractivity contribution in [1.29, 1.82) is 0 Å². The molecule has 0 fully saturated rings. The van der Waals surface area contributed by atoms with E-state index >= 15 is 0 Å². The van der Waals surface area contributed by atoms with Crippen LogP contribution in [0.25, 0.3) is 0 Å². The molecule has 1 aromatic rings. The fraction of sp³-hybridized carbons (Fsp3) is 0.273. The summed E-state index contributed by atoms with van der Waals surface area (Å²) in [7, 11) is 0. The van der Waals surface area contributed by atoms with Crippen LogP contribution in [-0.2, 0) is 0 Å². The van der Waals surface area contributed by atoms with Crippen molar-refractivity contribution in [1.82, 2.24) is 5.32 Å². The summed E-state index contributed by atoms with van der Waals surface area (Å²) in [5.74, 6) is 2.51. The summed E-state index contributed by atoms with van der Waals surface area (Å²) in [6.45, 7) is 0.942. The van der Waals surface area contributed by atoms with E-state index in [4.69, 9.17) is 23.8 Å². The van der Waals surface area contributed by atoms with Crippen molar-refractivity contribution in [3.8, 4) is 12.3 Å². The Morgan fingerprint density at radius 3 is 2.87 bits per heavy atom. The van der Waals surface area contributed by atoms with E-state index in [1.165, 1.54) is 0 Å². The van der Waals surface area contributed by atoms with E-state index in [1.807, 2.05) is 18.2 Å². The summed E-state index contributed by atoms with van der Waals surface area (Å²) in [5.41, 5.74) is 6.62. The molecule has 0 aliphatic rings. The van der Waals surface area contributed by atoms with Crippen molar-refractivity contribution in [2.45, 2.75) is 6.04 Å². The summed E-state index contributed by atoms with van der Waals surface area (Å²) < 4.78 is 0.948. The van der Waals surface area contributed by atoms with Gasteiger partial charge in [0.1, 0.15) is 0 Å². The number of nitrogens with two attached hydrogens (primary N) is 1. The molecule has 0 heterocycles. The van der Waals surface area contributed by atoms with Gasteiger partial charge in [0.15, 0.2) is 0 Å². The third-order valence-electron chi connectivity index (χ3n) is 2.02. The largest absolute Gasteiger partial charge is 0.329 e. The molecule has 0 amide bonds. The van der Waals surface area contributed by atoms with Crippen molar-refractivity contribution in [2.24, 2.45) is 5.73 Å². The van der Waals surface area contributed by atoms with Gasteiger partial charge in [-0.05, 0) is 17.7 Å². The Morgan fingerprint density at radius 2 is 2.33 bits per heavy atom. The van der Waals surface area contributed by atoms with E-state index in [9.17, 15) is 0 Å². The fourth-order valence-electron chi connectivity index (χ4n) is 1.29. The first-order valence-corrected chi connectivity index (χ1v) is 5.68. The van der Waals surface area contributed by atoms with Crippen molar-refractivity contribution in [2.75, 3.05) is 13.1 Å². The number of nitrogens with one attached hydrogen (secondary N) is 1. The fourth-order valence-corrected chi connectivity index (χ4v) is 2.09. The van der Waals surface area contributed by atoms with Crippen molar-refractivity contribution in [3.05, 3.63) is 33.3 Å². The predicted octanol–water partition coefficient (Wildman–Crippen LogP) is 2.33. The lowest BCUT2D eigenvalue weighted by atomic mass is 10.1. The molecule has 0 saturated carbocycles. The summed E-state index contributed by atoms with van der Waals surface area (Å²) in [4.78, 5) is 0. The molecule has 80 valence electrons. The lowest BCUT2D eigenvalue weighted by Crippen LogP contribution is -2.28. The van der Waals surface area contributed by atoms with Crippen LogP contribution in [0.1, 0.15) is 11.6 Å². The zero-order valence-electron chi connectivity index (χ0n) is 8.13. The van der Waals surface area contributed by atoms with Gasteiger partial charge in [0.05, 0.1) is 6.54 Å². The number of rotatable bonds is 4. The van der Waals surface area contributed by atoms with Gasteiger partial charge in [-0.1, -0.05) is 39.5 Å². The summed E-state index contributed by atoms with van der Waals surface area (Å²) in [6, 6.07) is 5.72. The maximum atomic E-state index is 6.10. The monoisotopic (exact) mass is 286 g/mol. The second kappa shape index (κ2) is 6.14. The summed E-state index contributed by atoms with van der Waals surface area (Å²) in [5, 5.41) is 3.82. The highest BCUT2D eigenvalue weighted by atomic mass is 79.9. The van der Waals surface area contributed by atoms with Crippen LogP contribution in [0.2, 0.25) is 5.02 Å². The molecule has 0 spiro atoms. The average molecular weight is 288 g/mol. The van der Waals surface area contributed by atoms with Gasteiger partial charge in [-0.25, -0.2) is 0 Å². The van der Waals surface area contributed by atoms with Gasteiger partial charge < -0.3 is 5.73 Å². The van der Waals surface area contributed by atoms with Gasteiger partial charge in [-0.3, -0.25) is 5.32 Å². The first kappa shape index (κ1) is 12.5. The van der Waals surface area contributed by atoms with Crippen LogP contribution >= 0.6 is 27.5 Å². The Labute approximate surface area is 103 Å². The molecule has 0 aromatic heterocycles. The molecular weight excluding hydrogens is 275 g/mol. The maximum absolute atomic E-state index is 6.10. The minimum Gasteiger partial charge on any atom is -0.329 e. The second-order valence-corrected chi connectivity index (χ2v) is 4.36. The topological polar surface area (TPSA) is 38.0 Å². The minimum atomic E-state index is 0.00153. The molecule has 0 radical (unpaired) electrons. The number of terminal acetylenes is 1. The Hall–Kier alpha value is -0.530. The van der Waals surface area contributed by atoms with E-state index in [0.29, 0.717) is 18.1 Å². The predicted molar refractivity (Wildman–Crippen MR) is 67.8 cm³/mol. The normalized spacial score (nSPS) is 12.1. The molecule has 2 nitrogen and oxygen atoms in total. The minimum absolute atomic E-state index is 0.00153. The molecule has 4 heteroatoms. The number of hydrogen-bond acceptors (Lipinski definition) is 2. The van der Waals surface area contributed by atoms with Crippen LogP contribution in [0.4, 0.5) is 0 Å². The molecule has 1 aromatic carbocycles. The number of halogens is 2. The highest BCUT2D eigenvalue weighted by Gasteiger charge is 2.11. The van der Waals surface area contributed by atoms with Crippen LogP contribution in [0, 0.1) is 12.3 Å². The van der Waals surface area contributed by atoms with Gasteiger partial charge in [-0.15, -0.1) is 6.42 Å². The lowest BCUT2D eigenvalue weighted by molar-refractivity contribution is 0.582. The molecule has 0 bridgehead atoms. The molecule has 0 aliphatic carbocycles. The highest BCUT2D eigenvalue weighted by Crippen LogP contribution is 2.25. The Bertz CT molecular complexity index is 373. The van der Waals surface area contributed by atoms with Gasteiger partial charge in [0.2, 0.25) is 0 Å². The maximum Gasteiger partial charge on any atom is 0.0578 e. The standard InChI is InChI=1S/C11H12BrClN2/c1-2-5-15-11(7-14)9-4-3-8(12)6-10(9)13/h1,3-4,6,11,15H,5,7,14H2. The van der Waals surface area contributed by atoms with E-state index < -0.39 is 0 Å². The molecule has 1 rings (SSSR count). The highest BCUT2D eigenvalue weighted by molar-refractivity contribution is 9.10. The SMILES string of the molecule is C#CCNC(CN)c1ccc(Br)cc1Cl. The van der Waals surface area contributed by atoms with Gasteiger partial charge in [-0.2, -0.15) is 0 Å². The van der Waals surface area contributed by atoms with Gasteiger partial charge in [0, 0.05) is 22.1 Å². The zero-order chi connectivity index (χ0) is 11.3. The molecule has 0 aliphatic heterocycles. The van der Waals surface area contributed by atoms with Crippen molar-refractivity contribution >= 4 is 27.5 Å². The molecular formula is C11H12BrClN2. The van der Waals surface area contributed by atoms with Crippen LogP contribution in [0.3, 0.4) is 0 Å². The van der Waals surface area contributed by atoms with Crippen LogP contribution in [0.15, 0.2) is 22.7 Å². The summed E-state index contributed by atoms with van der Waals surface area (Å²) >= 11 is 9.46. The van der Waals surface area contributed by atoms with E-state index in [1.54, 1.807) is 0 Å². The zero-order valence-corrected chi connectivity index (χ0v) is 10.5. The van der Waals surface area contributed by atoms with Crippen molar-refractivity contribution in [3.63, 3.8) is 0 Å². The lowest BCUT2D eigenvalue weighted by Gasteiger charge is -2.17. The van der Waals surface area contributed by atoms with Gasteiger partial charge >= 0.3 is 0 Å². The third kappa shape index (κ3) is 3.51. The smallest absolute Gasteiger partial charge is 0.0578 e. The first-order chi connectivity index (χ1) is 7.19. The van der Waals surface area contributed by atoms with E-state index in [0.717, 1.165) is 10.0 Å². The quantitative estimate of drug-likeness (QED) is 0.834. The Morgan fingerprint density at radius 1 is 1.60 bits per heavy atom. The Kier molecular flexibility index (Phi) is 5.13. The van der Waals surface area contributed by atoms with Gasteiger partial charge in [0.25, 0.3) is 0 Å². The Balaban J connectivity index is 2.87. The third-order valence-corrected chi connectivity index (χ3v) is 2.84. The summed E-state index contributed by atoms with van der Waals surface area (Å²) in [6.07, 6.45) is 5.18. The number of hydrogen-bond donors (Lipinski definition) is 2. The average Bonchev–Trinajstić information content (AvgIpc) is 2.21. The number of benzene rings is 1. The first-order valence-electron chi connectivity index (χ1n) is 4.51. The molecule has 1 atom stereocenters. The molecule has 0 saturated heterocycles. The molecule has 1 unspecified atom stereocenters. The molecule has 15 heavy (non-hydrogen) atoms. The van der Waals surface area contributed by atoms with Crippen LogP contribution < -0.4 is 11.1 Å². The van der Waals surface area contributed by atoms with Crippen molar-refractivity contribution < 1.29 is 0 Å².